The van der Waals surface area contributed by atoms with Crippen LogP contribution < -0.4 is 5.73 Å². The molecule has 0 aliphatic heterocycles. The van der Waals surface area contributed by atoms with Crippen molar-refractivity contribution in [3.8, 4) is 0 Å². The predicted molar refractivity (Wildman–Crippen MR) is 61.4 cm³/mol. The average molecular weight is 238 g/mol. The van der Waals surface area contributed by atoms with E-state index in [1.807, 2.05) is 0 Å². The fourth-order valence-electron chi connectivity index (χ4n) is 1.56. The number of non-ortho nitro benzene ring substituents is 1. The van der Waals surface area contributed by atoms with Gasteiger partial charge < -0.3 is 10.5 Å². The number of aryl methyl sites for hydroxylation is 1. The molecular weight excluding hydrogens is 224 g/mol. The molecule has 6 nitrogen and oxygen atoms in total. The highest BCUT2D eigenvalue weighted by molar-refractivity contribution is 5.70. The largest absolute Gasteiger partial charge is 0.469 e. The van der Waals surface area contributed by atoms with Crippen LogP contribution in [0.25, 0.3) is 0 Å². The lowest BCUT2D eigenvalue weighted by Gasteiger charge is -2.13. The van der Waals surface area contributed by atoms with Gasteiger partial charge in [0, 0.05) is 18.2 Å². The number of ether oxygens (including phenoxy) is 1. The number of methoxy groups -OCH3 is 1. The lowest BCUT2D eigenvalue weighted by atomic mass is 9.99. The second-order valence-electron chi connectivity index (χ2n) is 3.68. The summed E-state index contributed by atoms with van der Waals surface area (Å²) in [5, 5.41) is 10.6. The highest BCUT2D eigenvalue weighted by atomic mass is 16.6. The topological polar surface area (TPSA) is 95.5 Å². The van der Waals surface area contributed by atoms with E-state index in [9.17, 15) is 14.9 Å². The fourth-order valence-corrected chi connectivity index (χ4v) is 1.56. The number of hydrogen-bond donors (Lipinski definition) is 1. The van der Waals surface area contributed by atoms with E-state index >= 15 is 0 Å². The number of carbonyl (C=O) groups excluding carboxylic acids is 1. The third-order valence-electron chi connectivity index (χ3n) is 2.48. The molecule has 1 aromatic rings. The predicted octanol–water partition coefficient (Wildman–Crippen LogP) is 1.47. The quantitative estimate of drug-likeness (QED) is 0.486. The summed E-state index contributed by atoms with van der Waals surface area (Å²) in [6.07, 6.45) is 0.0507. The number of esters is 1. The summed E-state index contributed by atoms with van der Waals surface area (Å²) in [6.45, 7) is 1.72. The van der Waals surface area contributed by atoms with E-state index < -0.39 is 16.9 Å². The van der Waals surface area contributed by atoms with Gasteiger partial charge in [-0.05, 0) is 18.1 Å². The summed E-state index contributed by atoms with van der Waals surface area (Å²) >= 11 is 0. The Labute approximate surface area is 98.5 Å². The SMILES string of the molecule is COC(=O)CC(N)c1ccc([N+](=O)[O-])cc1C. The van der Waals surface area contributed by atoms with Gasteiger partial charge in [0.2, 0.25) is 0 Å². The zero-order valence-corrected chi connectivity index (χ0v) is 9.67. The van der Waals surface area contributed by atoms with Crippen molar-refractivity contribution in [3.63, 3.8) is 0 Å². The molecule has 1 unspecified atom stereocenters. The summed E-state index contributed by atoms with van der Waals surface area (Å²) in [7, 11) is 1.29. The van der Waals surface area contributed by atoms with Gasteiger partial charge in [0.15, 0.2) is 0 Å². The summed E-state index contributed by atoms with van der Waals surface area (Å²) in [6, 6.07) is 3.87. The normalized spacial score (nSPS) is 11.9. The minimum Gasteiger partial charge on any atom is -0.469 e. The monoisotopic (exact) mass is 238 g/mol. The van der Waals surface area contributed by atoms with Crippen LogP contribution in [0.15, 0.2) is 18.2 Å². The summed E-state index contributed by atoms with van der Waals surface area (Å²) in [4.78, 5) is 21.2. The van der Waals surface area contributed by atoms with Crippen molar-refractivity contribution in [1.29, 1.82) is 0 Å². The standard InChI is InChI=1S/C11H14N2O4/c1-7-5-8(13(15)16)3-4-9(7)10(12)6-11(14)17-2/h3-5,10H,6,12H2,1-2H3. The minimum absolute atomic E-state index is 0.0107. The van der Waals surface area contributed by atoms with Crippen molar-refractivity contribution in [2.24, 2.45) is 5.73 Å². The van der Waals surface area contributed by atoms with Crippen LogP contribution in [0, 0.1) is 17.0 Å². The van der Waals surface area contributed by atoms with Crippen molar-refractivity contribution in [3.05, 3.63) is 39.4 Å². The molecule has 1 rings (SSSR count). The number of rotatable bonds is 4. The second kappa shape index (κ2) is 5.40. The number of nitro benzene ring substituents is 1. The maximum Gasteiger partial charge on any atom is 0.307 e. The van der Waals surface area contributed by atoms with Gasteiger partial charge in [-0.15, -0.1) is 0 Å². The summed E-state index contributed by atoms with van der Waals surface area (Å²) in [5.74, 6) is -0.407. The maximum atomic E-state index is 11.1. The molecule has 2 N–H and O–H groups in total. The van der Waals surface area contributed by atoms with Crippen molar-refractivity contribution in [2.45, 2.75) is 19.4 Å². The third kappa shape index (κ3) is 3.25. The first-order valence-corrected chi connectivity index (χ1v) is 5.03. The molecule has 0 saturated heterocycles. The molecule has 0 radical (unpaired) electrons. The second-order valence-corrected chi connectivity index (χ2v) is 3.68. The van der Waals surface area contributed by atoms with Crippen molar-refractivity contribution in [2.75, 3.05) is 7.11 Å². The van der Waals surface area contributed by atoms with Gasteiger partial charge in [-0.1, -0.05) is 6.07 Å². The Bertz CT molecular complexity index is 445. The van der Waals surface area contributed by atoms with Gasteiger partial charge in [-0.3, -0.25) is 14.9 Å². The van der Waals surface area contributed by atoms with Gasteiger partial charge in [-0.2, -0.15) is 0 Å². The van der Waals surface area contributed by atoms with Crippen LogP contribution in [0.2, 0.25) is 0 Å². The lowest BCUT2D eigenvalue weighted by Crippen LogP contribution is -2.17. The van der Waals surface area contributed by atoms with Crippen molar-refractivity contribution >= 4 is 11.7 Å². The number of nitrogens with two attached hydrogens (primary N) is 1. The smallest absolute Gasteiger partial charge is 0.307 e. The zero-order valence-electron chi connectivity index (χ0n) is 9.67. The lowest BCUT2D eigenvalue weighted by molar-refractivity contribution is -0.384. The zero-order chi connectivity index (χ0) is 13.0. The fraction of sp³-hybridized carbons (Fsp3) is 0.364. The van der Waals surface area contributed by atoms with Gasteiger partial charge in [0.05, 0.1) is 18.5 Å². The Kier molecular flexibility index (Phi) is 4.17. The Morgan fingerprint density at radius 2 is 2.24 bits per heavy atom. The van der Waals surface area contributed by atoms with Crippen LogP contribution in [0.4, 0.5) is 5.69 Å². The van der Waals surface area contributed by atoms with Crippen LogP contribution in [-0.4, -0.2) is 18.0 Å². The van der Waals surface area contributed by atoms with Crippen LogP contribution >= 0.6 is 0 Å². The Morgan fingerprint density at radius 1 is 1.59 bits per heavy atom. The van der Waals surface area contributed by atoms with E-state index in [1.165, 1.54) is 19.2 Å². The number of hydrogen-bond acceptors (Lipinski definition) is 5. The summed E-state index contributed by atoms with van der Waals surface area (Å²) in [5.41, 5.74) is 7.24. The average Bonchev–Trinajstić information content (AvgIpc) is 2.28. The number of carbonyl (C=O) groups is 1. The first-order valence-electron chi connectivity index (χ1n) is 5.03. The van der Waals surface area contributed by atoms with Gasteiger partial charge in [0.25, 0.3) is 5.69 Å². The maximum absolute atomic E-state index is 11.1. The minimum atomic E-state index is -0.511. The number of nitrogens with zero attached hydrogens (tertiary/aromatic N) is 1. The van der Waals surface area contributed by atoms with E-state index in [4.69, 9.17) is 5.73 Å². The molecule has 0 aliphatic carbocycles. The molecule has 1 aromatic carbocycles. The highest BCUT2D eigenvalue weighted by Crippen LogP contribution is 2.23. The molecule has 0 amide bonds. The van der Waals surface area contributed by atoms with Gasteiger partial charge in [-0.25, -0.2) is 0 Å². The molecule has 17 heavy (non-hydrogen) atoms. The van der Waals surface area contributed by atoms with Crippen LogP contribution in [0.5, 0.6) is 0 Å². The Morgan fingerprint density at radius 3 is 2.71 bits per heavy atom. The van der Waals surface area contributed by atoms with Gasteiger partial charge in [0.1, 0.15) is 0 Å². The molecule has 0 bridgehead atoms. The first kappa shape index (κ1) is 13.1. The highest BCUT2D eigenvalue weighted by Gasteiger charge is 2.16. The van der Waals surface area contributed by atoms with Gasteiger partial charge >= 0.3 is 5.97 Å². The molecule has 0 aromatic heterocycles. The van der Waals surface area contributed by atoms with E-state index in [0.29, 0.717) is 11.1 Å². The number of nitro groups is 1. The van der Waals surface area contributed by atoms with E-state index in [2.05, 4.69) is 4.74 Å². The van der Waals surface area contributed by atoms with E-state index in [1.54, 1.807) is 13.0 Å². The number of benzene rings is 1. The van der Waals surface area contributed by atoms with E-state index in [0.717, 1.165) is 0 Å². The Hall–Kier alpha value is -1.95. The third-order valence-corrected chi connectivity index (χ3v) is 2.48. The molecular formula is C11H14N2O4. The molecule has 0 fully saturated rings. The van der Waals surface area contributed by atoms with Crippen molar-refractivity contribution in [1.82, 2.24) is 0 Å². The van der Waals surface area contributed by atoms with Crippen LogP contribution in [0.3, 0.4) is 0 Å². The van der Waals surface area contributed by atoms with Crippen molar-refractivity contribution < 1.29 is 14.5 Å². The van der Waals surface area contributed by atoms with Crippen LogP contribution in [0.1, 0.15) is 23.6 Å². The molecule has 6 heteroatoms. The molecule has 0 spiro atoms. The Balaban J connectivity index is 2.92. The summed E-state index contributed by atoms with van der Waals surface area (Å²) < 4.78 is 4.52. The molecule has 92 valence electrons. The van der Waals surface area contributed by atoms with E-state index in [-0.39, 0.29) is 12.1 Å². The van der Waals surface area contributed by atoms with Crippen LogP contribution in [-0.2, 0) is 9.53 Å². The molecule has 0 heterocycles. The molecule has 1 atom stereocenters. The first-order chi connectivity index (χ1) is 7.95. The molecule has 0 aliphatic rings. The molecule has 0 saturated carbocycles.